The molecule has 4 nitrogen and oxygen atoms in total. The van der Waals surface area contributed by atoms with Crippen LogP contribution in [0.3, 0.4) is 0 Å². The molecule has 4 heteroatoms. The van der Waals surface area contributed by atoms with E-state index >= 15 is 0 Å². The van der Waals surface area contributed by atoms with Crippen LogP contribution in [0.25, 0.3) is 0 Å². The Morgan fingerprint density at radius 2 is 2.18 bits per heavy atom. The van der Waals surface area contributed by atoms with Crippen molar-refractivity contribution in [2.45, 2.75) is 33.1 Å². The van der Waals surface area contributed by atoms with Gasteiger partial charge in [0.1, 0.15) is 11.8 Å². The lowest BCUT2D eigenvalue weighted by molar-refractivity contribution is 0.521. The first kappa shape index (κ1) is 11.8. The van der Waals surface area contributed by atoms with Gasteiger partial charge >= 0.3 is 0 Å². The Labute approximate surface area is 102 Å². The molecule has 0 saturated carbocycles. The van der Waals surface area contributed by atoms with E-state index in [9.17, 15) is 0 Å². The molecule has 1 saturated heterocycles. The maximum absolute atomic E-state index is 8.92. The number of anilines is 1. The maximum atomic E-state index is 8.92. The van der Waals surface area contributed by atoms with Crippen LogP contribution < -0.4 is 4.90 Å². The zero-order valence-electron chi connectivity index (χ0n) is 10.5. The van der Waals surface area contributed by atoms with Gasteiger partial charge in [0.15, 0.2) is 0 Å². The van der Waals surface area contributed by atoms with E-state index in [1.165, 1.54) is 19.3 Å². The van der Waals surface area contributed by atoms with Crippen LogP contribution in [0, 0.1) is 24.2 Å². The highest BCUT2D eigenvalue weighted by atomic mass is 15.2. The van der Waals surface area contributed by atoms with Crippen molar-refractivity contribution in [1.82, 2.24) is 9.97 Å². The topological polar surface area (TPSA) is 52.8 Å². The Hall–Kier alpha value is -1.63. The SMILES string of the molecule is Cc1cc(C#N)nc(N2CCCC(C)CC2)n1. The van der Waals surface area contributed by atoms with Crippen LogP contribution in [0.4, 0.5) is 5.95 Å². The van der Waals surface area contributed by atoms with Gasteiger partial charge in [0.2, 0.25) is 5.95 Å². The fourth-order valence-corrected chi connectivity index (χ4v) is 2.21. The highest BCUT2D eigenvalue weighted by molar-refractivity contribution is 5.36. The molecule has 0 N–H and O–H groups in total. The van der Waals surface area contributed by atoms with Gasteiger partial charge in [-0.3, -0.25) is 0 Å². The van der Waals surface area contributed by atoms with Crippen molar-refractivity contribution in [3.8, 4) is 6.07 Å². The molecule has 0 aromatic carbocycles. The maximum Gasteiger partial charge on any atom is 0.226 e. The lowest BCUT2D eigenvalue weighted by atomic mass is 10.0. The van der Waals surface area contributed by atoms with Gasteiger partial charge in [-0.25, -0.2) is 9.97 Å². The summed E-state index contributed by atoms with van der Waals surface area (Å²) in [4.78, 5) is 10.9. The zero-order chi connectivity index (χ0) is 12.3. The summed E-state index contributed by atoms with van der Waals surface area (Å²) in [7, 11) is 0. The molecule has 1 unspecified atom stereocenters. The monoisotopic (exact) mass is 230 g/mol. The summed E-state index contributed by atoms with van der Waals surface area (Å²) in [5.41, 5.74) is 1.33. The average Bonchev–Trinajstić information content (AvgIpc) is 2.53. The van der Waals surface area contributed by atoms with Crippen LogP contribution in [0.5, 0.6) is 0 Å². The van der Waals surface area contributed by atoms with Gasteiger partial charge in [0.05, 0.1) is 0 Å². The summed E-state index contributed by atoms with van der Waals surface area (Å²) in [6.45, 7) is 6.20. The van der Waals surface area contributed by atoms with E-state index in [4.69, 9.17) is 5.26 Å². The van der Waals surface area contributed by atoms with Gasteiger partial charge in [0.25, 0.3) is 0 Å². The summed E-state index contributed by atoms with van der Waals surface area (Å²) in [6.07, 6.45) is 3.63. The Bertz CT molecular complexity index is 436. The van der Waals surface area contributed by atoms with Crippen LogP contribution >= 0.6 is 0 Å². The highest BCUT2D eigenvalue weighted by Crippen LogP contribution is 2.20. The highest BCUT2D eigenvalue weighted by Gasteiger charge is 2.16. The third-order valence-corrected chi connectivity index (χ3v) is 3.26. The third-order valence-electron chi connectivity index (χ3n) is 3.26. The molecule has 1 aliphatic heterocycles. The minimum atomic E-state index is 0.463. The zero-order valence-corrected chi connectivity index (χ0v) is 10.5. The molecule has 0 spiro atoms. The molecule has 1 atom stereocenters. The van der Waals surface area contributed by atoms with Gasteiger partial charge in [-0.1, -0.05) is 6.92 Å². The second-order valence-corrected chi connectivity index (χ2v) is 4.83. The molecule has 0 amide bonds. The summed E-state index contributed by atoms with van der Waals surface area (Å²) in [5, 5.41) is 8.92. The fraction of sp³-hybridized carbons (Fsp3) is 0.615. The van der Waals surface area contributed by atoms with Crippen LogP contribution in [0.2, 0.25) is 0 Å². The van der Waals surface area contributed by atoms with Crippen LogP contribution in [-0.4, -0.2) is 23.1 Å². The lowest BCUT2D eigenvalue weighted by Gasteiger charge is -2.20. The van der Waals surface area contributed by atoms with E-state index in [1.807, 2.05) is 6.92 Å². The average molecular weight is 230 g/mol. The predicted molar refractivity (Wildman–Crippen MR) is 66.7 cm³/mol. The summed E-state index contributed by atoms with van der Waals surface area (Å²) in [6, 6.07) is 3.82. The van der Waals surface area contributed by atoms with Crippen LogP contribution in [0.15, 0.2) is 6.07 Å². The van der Waals surface area contributed by atoms with Gasteiger partial charge in [0, 0.05) is 18.8 Å². The second-order valence-electron chi connectivity index (χ2n) is 4.83. The molecular weight excluding hydrogens is 212 g/mol. The second kappa shape index (κ2) is 5.13. The number of aryl methyl sites for hydroxylation is 1. The Morgan fingerprint density at radius 1 is 1.35 bits per heavy atom. The number of nitrogens with zero attached hydrogens (tertiary/aromatic N) is 4. The minimum absolute atomic E-state index is 0.463. The van der Waals surface area contributed by atoms with Crippen molar-refractivity contribution >= 4 is 5.95 Å². The van der Waals surface area contributed by atoms with E-state index < -0.39 is 0 Å². The standard InChI is InChI=1S/C13H18N4/c1-10-4-3-6-17(7-5-10)13-15-11(2)8-12(9-14)16-13/h8,10H,3-7H2,1-2H3. The molecule has 1 aliphatic rings. The number of hydrogen-bond acceptors (Lipinski definition) is 4. The number of aromatic nitrogens is 2. The van der Waals surface area contributed by atoms with Gasteiger partial charge in [-0.2, -0.15) is 5.26 Å². The van der Waals surface area contributed by atoms with Gasteiger partial charge < -0.3 is 4.90 Å². The van der Waals surface area contributed by atoms with Crippen molar-refractivity contribution in [2.75, 3.05) is 18.0 Å². The van der Waals surface area contributed by atoms with Crippen molar-refractivity contribution in [3.63, 3.8) is 0 Å². The van der Waals surface area contributed by atoms with Crippen molar-refractivity contribution < 1.29 is 0 Å². The smallest absolute Gasteiger partial charge is 0.226 e. The van der Waals surface area contributed by atoms with Gasteiger partial charge in [-0.15, -0.1) is 0 Å². The van der Waals surface area contributed by atoms with Crippen molar-refractivity contribution in [1.29, 1.82) is 5.26 Å². The molecule has 1 aromatic heterocycles. The van der Waals surface area contributed by atoms with E-state index in [2.05, 4.69) is 27.9 Å². The summed E-state index contributed by atoms with van der Waals surface area (Å²) < 4.78 is 0. The Balaban J connectivity index is 2.21. The van der Waals surface area contributed by atoms with E-state index in [0.29, 0.717) is 5.69 Å². The molecule has 0 aliphatic carbocycles. The largest absolute Gasteiger partial charge is 0.341 e. The van der Waals surface area contributed by atoms with Crippen LogP contribution in [0.1, 0.15) is 37.6 Å². The summed E-state index contributed by atoms with van der Waals surface area (Å²) in [5.74, 6) is 1.50. The molecule has 17 heavy (non-hydrogen) atoms. The normalized spacial score (nSPS) is 20.8. The van der Waals surface area contributed by atoms with Crippen molar-refractivity contribution in [3.05, 3.63) is 17.5 Å². The van der Waals surface area contributed by atoms with Gasteiger partial charge in [-0.05, 0) is 38.2 Å². The number of nitriles is 1. The molecule has 0 radical (unpaired) electrons. The number of rotatable bonds is 1. The minimum Gasteiger partial charge on any atom is -0.341 e. The lowest BCUT2D eigenvalue weighted by Crippen LogP contribution is -2.26. The van der Waals surface area contributed by atoms with E-state index in [-0.39, 0.29) is 0 Å². The molecule has 2 rings (SSSR count). The van der Waals surface area contributed by atoms with E-state index in [0.717, 1.165) is 30.6 Å². The molecule has 90 valence electrons. The first-order valence-corrected chi connectivity index (χ1v) is 6.20. The fourth-order valence-electron chi connectivity index (χ4n) is 2.21. The first-order valence-electron chi connectivity index (χ1n) is 6.20. The molecule has 2 heterocycles. The van der Waals surface area contributed by atoms with Crippen LogP contribution in [-0.2, 0) is 0 Å². The summed E-state index contributed by atoms with van der Waals surface area (Å²) >= 11 is 0. The predicted octanol–water partition coefficient (Wildman–Crippen LogP) is 2.28. The van der Waals surface area contributed by atoms with Crippen molar-refractivity contribution in [2.24, 2.45) is 5.92 Å². The Morgan fingerprint density at radius 3 is 2.94 bits per heavy atom. The quantitative estimate of drug-likeness (QED) is 0.742. The van der Waals surface area contributed by atoms with E-state index in [1.54, 1.807) is 6.07 Å². The Kier molecular flexibility index (Phi) is 3.58. The third kappa shape index (κ3) is 2.94. The molecule has 1 fully saturated rings. The molecule has 1 aromatic rings. The molecule has 0 bridgehead atoms. The first-order chi connectivity index (χ1) is 8.19. The molecular formula is C13H18N4. The number of hydrogen-bond donors (Lipinski definition) is 0.